The lowest BCUT2D eigenvalue weighted by Gasteiger charge is -1.91. The predicted octanol–water partition coefficient (Wildman–Crippen LogP) is 3.38. The topological polar surface area (TPSA) is 0 Å². The van der Waals surface area contributed by atoms with Gasteiger partial charge >= 0.3 is 0 Å². The van der Waals surface area contributed by atoms with Crippen LogP contribution in [0.1, 0.15) is 5.56 Å². The lowest BCUT2D eigenvalue weighted by Crippen LogP contribution is -1.69. The Labute approximate surface area is 80.8 Å². The standard InChI is InChI=1S/C7H7Br.HI/c1-6-4-2-3-5-7(6)8;/h2-5H,1H3;1H. The first kappa shape index (κ1) is 9.43. The van der Waals surface area contributed by atoms with Gasteiger partial charge in [-0.2, -0.15) is 0 Å². The molecule has 0 atom stereocenters. The molecule has 0 bridgehead atoms. The molecule has 1 aromatic carbocycles. The molecule has 0 amide bonds. The van der Waals surface area contributed by atoms with E-state index >= 15 is 0 Å². The van der Waals surface area contributed by atoms with Crippen molar-refractivity contribution in [2.45, 2.75) is 6.92 Å². The second-order valence-electron chi connectivity index (χ2n) is 1.75. The maximum Gasteiger partial charge on any atom is 0.0204 e. The van der Waals surface area contributed by atoms with E-state index < -0.39 is 0 Å². The number of halogens is 2. The van der Waals surface area contributed by atoms with Crippen molar-refractivity contribution in [1.82, 2.24) is 0 Å². The molecule has 0 N–H and O–H groups in total. The highest BCUT2D eigenvalue weighted by Crippen LogP contribution is 2.13. The molecule has 0 saturated heterocycles. The summed E-state index contributed by atoms with van der Waals surface area (Å²) >= 11 is 3.40. The highest BCUT2D eigenvalue weighted by Gasteiger charge is 1.85. The van der Waals surface area contributed by atoms with E-state index in [-0.39, 0.29) is 24.0 Å². The summed E-state index contributed by atoms with van der Waals surface area (Å²) in [5.41, 5.74) is 1.28. The van der Waals surface area contributed by atoms with Gasteiger partial charge in [0.25, 0.3) is 0 Å². The highest BCUT2D eigenvalue weighted by atomic mass is 127. The van der Waals surface area contributed by atoms with Crippen LogP contribution in [-0.2, 0) is 0 Å². The van der Waals surface area contributed by atoms with Crippen LogP contribution in [0.25, 0.3) is 0 Å². The van der Waals surface area contributed by atoms with Crippen molar-refractivity contribution in [2.75, 3.05) is 0 Å². The zero-order valence-corrected chi connectivity index (χ0v) is 9.01. The Morgan fingerprint density at radius 2 is 1.78 bits per heavy atom. The van der Waals surface area contributed by atoms with E-state index in [1.54, 1.807) is 0 Å². The lowest BCUT2D eigenvalue weighted by atomic mass is 10.2. The number of rotatable bonds is 0. The van der Waals surface area contributed by atoms with Crippen molar-refractivity contribution in [3.8, 4) is 0 Å². The van der Waals surface area contributed by atoms with Gasteiger partial charge < -0.3 is 0 Å². The van der Waals surface area contributed by atoms with Crippen LogP contribution in [0.2, 0.25) is 0 Å². The van der Waals surface area contributed by atoms with E-state index in [0.29, 0.717) is 0 Å². The molecule has 9 heavy (non-hydrogen) atoms. The molecule has 0 nitrogen and oxygen atoms in total. The number of hydrogen-bond acceptors (Lipinski definition) is 0. The quantitative estimate of drug-likeness (QED) is 0.644. The molecule has 50 valence electrons. The van der Waals surface area contributed by atoms with Gasteiger partial charge in [0.1, 0.15) is 0 Å². The third-order valence-corrected chi connectivity index (χ3v) is 1.97. The molecular weight excluding hydrogens is 291 g/mol. The Morgan fingerprint density at radius 3 is 2.11 bits per heavy atom. The lowest BCUT2D eigenvalue weighted by molar-refractivity contribution is 1.43. The minimum absolute atomic E-state index is 0. The Morgan fingerprint density at radius 1 is 1.22 bits per heavy atom. The van der Waals surface area contributed by atoms with Crippen molar-refractivity contribution in [3.05, 3.63) is 34.3 Å². The van der Waals surface area contributed by atoms with Crippen LogP contribution < -0.4 is 0 Å². The molecule has 0 fully saturated rings. The summed E-state index contributed by atoms with van der Waals surface area (Å²) in [6, 6.07) is 8.15. The van der Waals surface area contributed by atoms with Crippen molar-refractivity contribution >= 4 is 39.9 Å². The number of hydrogen-bond donors (Lipinski definition) is 0. The first-order valence-corrected chi connectivity index (χ1v) is 3.31. The van der Waals surface area contributed by atoms with E-state index in [0.717, 1.165) is 0 Å². The van der Waals surface area contributed by atoms with Crippen LogP contribution in [0, 0.1) is 6.92 Å². The van der Waals surface area contributed by atoms with Crippen LogP contribution in [0.4, 0.5) is 0 Å². The molecule has 0 saturated carbocycles. The first-order chi connectivity index (χ1) is 3.80. The Balaban J connectivity index is 0.000000640. The van der Waals surface area contributed by atoms with E-state index in [9.17, 15) is 0 Å². The summed E-state index contributed by atoms with van der Waals surface area (Å²) in [4.78, 5) is 0. The van der Waals surface area contributed by atoms with Crippen LogP contribution in [0.3, 0.4) is 0 Å². The average molecular weight is 299 g/mol. The van der Waals surface area contributed by atoms with E-state index in [1.807, 2.05) is 18.2 Å². The minimum atomic E-state index is 0. The summed E-state index contributed by atoms with van der Waals surface area (Å²) in [5, 5.41) is 0. The Kier molecular flexibility index (Phi) is 4.48. The molecular formula is C7H8BrI. The summed E-state index contributed by atoms with van der Waals surface area (Å²) < 4.78 is 1.18. The van der Waals surface area contributed by atoms with Crippen LogP contribution in [0.5, 0.6) is 0 Å². The van der Waals surface area contributed by atoms with E-state index in [1.165, 1.54) is 10.0 Å². The fourth-order valence-electron chi connectivity index (χ4n) is 0.551. The first-order valence-electron chi connectivity index (χ1n) is 2.52. The number of aryl methyl sites for hydroxylation is 1. The fraction of sp³-hybridized carbons (Fsp3) is 0.143. The van der Waals surface area contributed by atoms with Gasteiger partial charge in [-0.15, -0.1) is 24.0 Å². The molecule has 1 aromatic rings. The molecule has 0 spiro atoms. The largest absolute Gasteiger partial charge is 0.107 e. The van der Waals surface area contributed by atoms with Gasteiger partial charge in [-0.1, -0.05) is 34.1 Å². The van der Waals surface area contributed by atoms with Crippen LogP contribution in [-0.4, -0.2) is 0 Å². The molecule has 1 rings (SSSR count). The molecule has 0 unspecified atom stereocenters. The summed E-state index contributed by atoms with van der Waals surface area (Å²) in [6.45, 7) is 2.07. The van der Waals surface area contributed by atoms with Gasteiger partial charge in [-0.25, -0.2) is 0 Å². The van der Waals surface area contributed by atoms with Gasteiger partial charge in [-0.3, -0.25) is 0 Å². The van der Waals surface area contributed by atoms with Gasteiger partial charge in [0.15, 0.2) is 0 Å². The van der Waals surface area contributed by atoms with Gasteiger partial charge in [0.2, 0.25) is 0 Å². The molecule has 0 heterocycles. The third-order valence-electron chi connectivity index (χ3n) is 1.08. The SMILES string of the molecule is Cc1ccccc1Br.I. The zero-order chi connectivity index (χ0) is 5.98. The second kappa shape index (κ2) is 4.28. The fourth-order valence-corrected chi connectivity index (χ4v) is 0.836. The van der Waals surface area contributed by atoms with Crippen LogP contribution in [0.15, 0.2) is 28.7 Å². The molecule has 0 aromatic heterocycles. The summed E-state index contributed by atoms with van der Waals surface area (Å²) in [5.74, 6) is 0. The van der Waals surface area contributed by atoms with Gasteiger partial charge in [0.05, 0.1) is 0 Å². The maximum absolute atomic E-state index is 3.40. The summed E-state index contributed by atoms with van der Waals surface area (Å²) in [7, 11) is 0. The molecule has 0 aliphatic carbocycles. The van der Waals surface area contributed by atoms with Crippen LogP contribution >= 0.6 is 39.9 Å². The third kappa shape index (κ3) is 2.67. The van der Waals surface area contributed by atoms with Crippen molar-refractivity contribution in [1.29, 1.82) is 0 Å². The molecule has 0 radical (unpaired) electrons. The summed E-state index contributed by atoms with van der Waals surface area (Å²) in [6.07, 6.45) is 0. The van der Waals surface area contributed by atoms with E-state index in [4.69, 9.17) is 0 Å². The normalized spacial score (nSPS) is 8.22. The second-order valence-corrected chi connectivity index (χ2v) is 2.60. The minimum Gasteiger partial charge on any atom is -0.107 e. The van der Waals surface area contributed by atoms with Crippen molar-refractivity contribution in [3.63, 3.8) is 0 Å². The number of benzene rings is 1. The molecule has 2 heteroatoms. The maximum atomic E-state index is 3.40. The van der Waals surface area contributed by atoms with E-state index in [2.05, 4.69) is 28.9 Å². The van der Waals surface area contributed by atoms with Crippen molar-refractivity contribution in [2.24, 2.45) is 0 Å². The zero-order valence-electron chi connectivity index (χ0n) is 5.10. The predicted molar refractivity (Wildman–Crippen MR) is 54.3 cm³/mol. The highest BCUT2D eigenvalue weighted by molar-refractivity contribution is 14.0. The molecule has 0 aliphatic rings. The average Bonchev–Trinajstić information content (AvgIpc) is 1.77. The van der Waals surface area contributed by atoms with Gasteiger partial charge in [-0.05, 0) is 18.6 Å². The Bertz CT molecular complexity index is 165. The van der Waals surface area contributed by atoms with Gasteiger partial charge in [0, 0.05) is 4.47 Å². The monoisotopic (exact) mass is 298 g/mol. The molecule has 0 aliphatic heterocycles. The van der Waals surface area contributed by atoms with Crippen molar-refractivity contribution < 1.29 is 0 Å². The Hall–Kier alpha value is 0.430. The smallest absolute Gasteiger partial charge is 0.0204 e.